The third-order valence-electron chi connectivity index (χ3n) is 8.35. The number of thiazole rings is 1. The summed E-state index contributed by atoms with van der Waals surface area (Å²) in [6, 6.07) is 44.6. The zero-order chi connectivity index (χ0) is 33.3. The number of aromatic nitrogens is 1. The molecule has 0 aliphatic carbocycles. The van der Waals surface area contributed by atoms with Gasteiger partial charge in [0.25, 0.3) is 5.91 Å². The van der Waals surface area contributed by atoms with Gasteiger partial charge >= 0.3 is 0 Å². The molecule has 1 unspecified atom stereocenters. The van der Waals surface area contributed by atoms with E-state index in [4.69, 9.17) is 19.2 Å². The molecule has 2 heterocycles. The van der Waals surface area contributed by atoms with E-state index in [1.54, 1.807) is 0 Å². The Morgan fingerprint density at radius 2 is 1.39 bits per heavy atom. The number of carbonyl (C=O) groups excluding carboxylic acids is 1. The van der Waals surface area contributed by atoms with Crippen LogP contribution in [-0.4, -0.2) is 22.6 Å². The number of nitrogens with one attached hydrogen (secondary N) is 1. The predicted molar refractivity (Wildman–Crippen MR) is 192 cm³/mol. The van der Waals surface area contributed by atoms with Gasteiger partial charge in [-0.25, -0.2) is 4.98 Å². The number of benzene rings is 5. The molecule has 1 amide bonds. The molecule has 1 N–H and O–H groups in total. The minimum absolute atomic E-state index is 0.177. The van der Waals surface area contributed by atoms with Crippen molar-refractivity contribution in [1.82, 2.24) is 15.2 Å². The summed E-state index contributed by atoms with van der Waals surface area (Å²) >= 11 is 1.50. The number of rotatable bonds is 14. The lowest BCUT2D eigenvalue weighted by atomic mass is 9.99. The maximum atomic E-state index is 13.6. The zero-order valence-electron chi connectivity index (χ0n) is 27.0. The Balaban J connectivity index is 1.05. The van der Waals surface area contributed by atoms with Crippen LogP contribution in [0.4, 0.5) is 0 Å². The van der Waals surface area contributed by atoms with Gasteiger partial charge in [-0.05, 0) is 58.5 Å². The van der Waals surface area contributed by atoms with Crippen molar-refractivity contribution in [1.29, 1.82) is 0 Å². The highest BCUT2D eigenvalue weighted by molar-refractivity contribution is 7.09. The smallest absolute Gasteiger partial charge is 0.271 e. The summed E-state index contributed by atoms with van der Waals surface area (Å²) < 4.78 is 17.2. The first-order chi connectivity index (χ1) is 24.1. The number of amides is 1. The van der Waals surface area contributed by atoms with Crippen molar-refractivity contribution < 1.29 is 19.0 Å². The second-order valence-electron chi connectivity index (χ2n) is 12.0. The molecular formula is C41H37N3O4S. The lowest BCUT2D eigenvalue weighted by Gasteiger charge is -2.22. The first-order valence-corrected chi connectivity index (χ1v) is 17.2. The van der Waals surface area contributed by atoms with Crippen LogP contribution in [0.1, 0.15) is 49.4 Å². The number of hydrogen-bond donors (Lipinski definition) is 1. The molecule has 7 nitrogen and oxygen atoms in total. The van der Waals surface area contributed by atoms with Crippen molar-refractivity contribution in [2.24, 2.45) is 0 Å². The van der Waals surface area contributed by atoms with Crippen LogP contribution in [-0.2, 0) is 32.7 Å². The molecule has 246 valence electrons. The Labute approximate surface area is 290 Å². The monoisotopic (exact) mass is 667 g/mol. The van der Waals surface area contributed by atoms with E-state index in [2.05, 4.69) is 64.8 Å². The molecule has 7 rings (SSSR count). The summed E-state index contributed by atoms with van der Waals surface area (Å²) in [7, 11) is 0. The van der Waals surface area contributed by atoms with Crippen LogP contribution in [0.2, 0.25) is 0 Å². The van der Waals surface area contributed by atoms with Crippen molar-refractivity contribution in [3.63, 3.8) is 0 Å². The first-order valence-electron chi connectivity index (χ1n) is 16.4. The lowest BCUT2D eigenvalue weighted by molar-refractivity contribution is 0.0931. The van der Waals surface area contributed by atoms with Crippen LogP contribution >= 0.6 is 11.3 Å². The second-order valence-corrected chi connectivity index (χ2v) is 12.9. The van der Waals surface area contributed by atoms with Gasteiger partial charge in [0.1, 0.15) is 23.1 Å². The summed E-state index contributed by atoms with van der Waals surface area (Å²) in [6.07, 6.45) is 0.687. The van der Waals surface area contributed by atoms with Crippen LogP contribution in [0.5, 0.6) is 17.2 Å². The predicted octanol–water partition coefficient (Wildman–Crippen LogP) is 8.37. The van der Waals surface area contributed by atoms with E-state index < -0.39 is 0 Å². The van der Waals surface area contributed by atoms with Crippen LogP contribution in [0.25, 0.3) is 0 Å². The van der Waals surface area contributed by atoms with Crippen LogP contribution in [0, 0.1) is 0 Å². The molecule has 0 fully saturated rings. The fourth-order valence-electron chi connectivity index (χ4n) is 5.85. The van der Waals surface area contributed by atoms with Gasteiger partial charge < -0.3 is 19.5 Å². The topological polar surface area (TPSA) is 72.9 Å². The Bertz CT molecular complexity index is 1950. The maximum absolute atomic E-state index is 13.6. The number of carbonyl (C=O) groups is 1. The highest BCUT2D eigenvalue weighted by Crippen LogP contribution is 2.33. The minimum atomic E-state index is -0.180. The van der Waals surface area contributed by atoms with Crippen LogP contribution in [0.15, 0.2) is 139 Å². The highest BCUT2D eigenvalue weighted by Gasteiger charge is 2.20. The Morgan fingerprint density at radius 1 is 0.735 bits per heavy atom. The molecule has 0 spiro atoms. The van der Waals surface area contributed by atoms with Crippen LogP contribution in [0.3, 0.4) is 0 Å². The van der Waals surface area contributed by atoms with E-state index in [-0.39, 0.29) is 18.7 Å². The molecule has 6 aromatic rings. The van der Waals surface area contributed by atoms with Crippen molar-refractivity contribution in [3.8, 4) is 17.2 Å². The normalized spacial score (nSPS) is 12.5. The van der Waals surface area contributed by atoms with Gasteiger partial charge in [0, 0.05) is 18.5 Å². The third-order valence-corrected chi connectivity index (χ3v) is 9.19. The molecule has 1 aliphatic rings. The molecule has 0 radical (unpaired) electrons. The van der Waals surface area contributed by atoms with Gasteiger partial charge in [-0.1, -0.05) is 109 Å². The molecule has 1 aliphatic heterocycles. The number of ether oxygens (including phenoxy) is 3. The van der Waals surface area contributed by atoms with Crippen LogP contribution < -0.4 is 19.5 Å². The summed E-state index contributed by atoms with van der Waals surface area (Å²) in [5.41, 5.74) is 6.02. The highest BCUT2D eigenvalue weighted by atomic mass is 32.1. The lowest BCUT2D eigenvalue weighted by Crippen LogP contribution is -2.30. The Hall–Kier alpha value is -5.44. The average molecular weight is 668 g/mol. The number of nitrogens with zero attached hydrogens (tertiary/aromatic N) is 2. The molecule has 1 aromatic heterocycles. The number of fused-ring (bicyclic) bond motifs is 1. The Morgan fingerprint density at radius 3 is 2.14 bits per heavy atom. The van der Waals surface area contributed by atoms with Gasteiger partial charge in [0.2, 0.25) is 6.79 Å². The van der Waals surface area contributed by atoms with Crippen molar-refractivity contribution in [3.05, 3.63) is 177 Å². The molecule has 0 saturated heterocycles. The second kappa shape index (κ2) is 15.6. The molecule has 49 heavy (non-hydrogen) atoms. The summed E-state index contributed by atoms with van der Waals surface area (Å²) in [5.74, 6) is 2.17. The molecule has 5 aromatic carbocycles. The molecule has 8 heteroatoms. The standard InChI is InChI=1S/C41H37N3O4S/c45-41(43-36(34-14-8-3-9-15-34)22-30-10-4-1-5-11-30)37-28-49-40(42-37)26-44(25-33-18-21-38-39(23-33)48-29-47-38)24-31-16-19-35(20-17-31)46-27-32-12-6-2-7-13-32/h1-21,23,28,36H,22,24-27,29H2,(H,43,45). The molecule has 0 saturated carbocycles. The quantitative estimate of drug-likeness (QED) is 0.126. The summed E-state index contributed by atoms with van der Waals surface area (Å²) in [4.78, 5) is 20.7. The zero-order valence-corrected chi connectivity index (χ0v) is 27.9. The molecule has 1 atom stereocenters. The fourth-order valence-corrected chi connectivity index (χ4v) is 6.67. The first kappa shape index (κ1) is 32.1. The van der Waals surface area contributed by atoms with E-state index in [0.717, 1.165) is 50.1 Å². The van der Waals surface area contributed by atoms with Gasteiger partial charge in [0.15, 0.2) is 11.5 Å². The van der Waals surface area contributed by atoms with Gasteiger partial charge in [0.05, 0.1) is 12.6 Å². The van der Waals surface area contributed by atoms with Crippen molar-refractivity contribution in [2.45, 2.75) is 38.7 Å². The summed E-state index contributed by atoms with van der Waals surface area (Å²) in [6.45, 7) is 2.68. The van der Waals surface area contributed by atoms with Crippen molar-refractivity contribution >= 4 is 17.2 Å². The van der Waals surface area contributed by atoms with E-state index in [1.165, 1.54) is 11.3 Å². The maximum Gasteiger partial charge on any atom is 0.271 e. The minimum Gasteiger partial charge on any atom is -0.489 e. The third kappa shape index (κ3) is 8.73. The molecular weight excluding hydrogens is 631 g/mol. The summed E-state index contributed by atoms with van der Waals surface area (Å²) in [5, 5.41) is 5.97. The fraction of sp³-hybridized carbons (Fsp3) is 0.171. The Kier molecular flexibility index (Phi) is 10.3. The largest absolute Gasteiger partial charge is 0.489 e. The van der Waals surface area contributed by atoms with E-state index in [0.29, 0.717) is 38.4 Å². The SMILES string of the molecule is O=C(NC(Cc1ccccc1)c1ccccc1)c1csc(CN(Cc2ccc(OCc3ccccc3)cc2)Cc2ccc3c(c2)OCO3)n1. The van der Waals surface area contributed by atoms with E-state index in [9.17, 15) is 4.79 Å². The average Bonchev–Trinajstić information content (AvgIpc) is 3.82. The van der Waals surface area contributed by atoms with Gasteiger partial charge in [-0.2, -0.15) is 0 Å². The van der Waals surface area contributed by atoms with Crippen molar-refractivity contribution in [2.75, 3.05) is 6.79 Å². The van der Waals surface area contributed by atoms with E-state index >= 15 is 0 Å². The molecule has 0 bridgehead atoms. The van der Waals surface area contributed by atoms with E-state index in [1.807, 2.05) is 84.2 Å². The van der Waals surface area contributed by atoms with Gasteiger partial charge in [-0.3, -0.25) is 9.69 Å². The number of hydrogen-bond acceptors (Lipinski definition) is 7. The van der Waals surface area contributed by atoms with Gasteiger partial charge in [-0.15, -0.1) is 11.3 Å².